The van der Waals surface area contributed by atoms with Crippen LogP contribution in [0, 0.1) is 10.8 Å². The number of dihydropyridines is 1. The van der Waals surface area contributed by atoms with Gasteiger partial charge in [-0.25, -0.2) is 4.79 Å². The van der Waals surface area contributed by atoms with Crippen LogP contribution in [0.25, 0.3) is 0 Å². The summed E-state index contributed by atoms with van der Waals surface area (Å²) in [6, 6.07) is 10.2. The number of Topliss-reactive ketones (excluding diaryl/α,β-unsaturated/α-hetero) is 2. The van der Waals surface area contributed by atoms with E-state index >= 15 is 0 Å². The minimum Gasteiger partial charge on any atom is -0.488 e. The summed E-state index contributed by atoms with van der Waals surface area (Å²) < 4.78 is 6.70. The number of carboxylic acids is 1. The van der Waals surface area contributed by atoms with Crippen LogP contribution in [-0.2, 0) is 16.2 Å². The molecule has 2 aliphatic carbocycles. The second kappa shape index (κ2) is 9.93. The molecular weight excluding hydrogens is 582 g/mol. The lowest BCUT2D eigenvalue weighted by atomic mass is 9.64. The van der Waals surface area contributed by atoms with Crippen molar-refractivity contribution in [2.24, 2.45) is 10.8 Å². The van der Waals surface area contributed by atoms with Crippen molar-refractivity contribution in [2.45, 2.75) is 65.9 Å². The van der Waals surface area contributed by atoms with Crippen LogP contribution in [-0.4, -0.2) is 22.6 Å². The number of allylic oxidation sites excluding steroid dienone is 4. The quantitative estimate of drug-likeness (QED) is 0.367. The van der Waals surface area contributed by atoms with Crippen molar-refractivity contribution >= 4 is 45.1 Å². The number of hydrogen-bond acceptors (Lipinski definition) is 5. The SMILES string of the molecule is CC1(C)CC(=O)C2=C(C1)NC1=C(C(=O)CC(C)(C)C1)C2c1ccc(OCc2ccc(C(=O)O)cc2Cl)c(Br)c1. The molecule has 0 radical (unpaired) electrons. The number of rotatable bonds is 5. The molecule has 0 atom stereocenters. The number of carbonyl (C=O) groups excluding carboxylic acids is 2. The van der Waals surface area contributed by atoms with E-state index in [2.05, 4.69) is 48.9 Å². The summed E-state index contributed by atoms with van der Waals surface area (Å²) in [5, 5.41) is 13.0. The molecule has 0 aromatic heterocycles. The van der Waals surface area contributed by atoms with Crippen molar-refractivity contribution in [1.82, 2.24) is 5.32 Å². The minimum atomic E-state index is -1.04. The summed E-state index contributed by atoms with van der Waals surface area (Å²) >= 11 is 9.89. The van der Waals surface area contributed by atoms with Crippen LogP contribution in [0.1, 0.15) is 80.8 Å². The maximum Gasteiger partial charge on any atom is 0.335 e. The van der Waals surface area contributed by atoms with Crippen molar-refractivity contribution in [2.75, 3.05) is 0 Å². The highest BCUT2D eigenvalue weighted by molar-refractivity contribution is 9.10. The molecule has 39 heavy (non-hydrogen) atoms. The van der Waals surface area contributed by atoms with E-state index in [1.54, 1.807) is 6.07 Å². The molecule has 0 fully saturated rings. The summed E-state index contributed by atoms with van der Waals surface area (Å²) in [7, 11) is 0. The van der Waals surface area contributed by atoms with Gasteiger partial charge in [0, 0.05) is 51.9 Å². The number of benzene rings is 2. The zero-order valence-electron chi connectivity index (χ0n) is 22.4. The van der Waals surface area contributed by atoms with E-state index in [4.69, 9.17) is 21.4 Å². The van der Waals surface area contributed by atoms with Gasteiger partial charge in [-0.05, 0) is 69.4 Å². The van der Waals surface area contributed by atoms with Crippen LogP contribution in [0.3, 0.4) is 0 Å². The molecule has 0 bridgehead atoms. The Morgan fingerprint density at radius 1 is 0.974 bits per heavy atom. The number of hydrogen-bond donors (Lipinski definition) is 2. The standard InChI is InChI=1S/C31H31BrClNO5/c1-30(2)11-21-27(23(35)13-30)26(28-22(34-21)12-31(3,4)14-24(28)36)16-7-8-25(19(32)9-16)39-15-18-6-5-17(29(37)38)10-20(18)33/h5-10,26,34H,11-15H2,1-4H3,(H,37,38). The van der Waals surface area contributed by atoms with Crippen molar-refractivity contribution < 1.29 is 24.2 Å². The Kier molecular flexibility index (Phi) is 7.04. The van der Waals surface area contributed by atoms with E-state index in [-0.39, 0.29) is 34.6 Å². The summed E-state index contributed by atoms with van der Waals surface area (Å²) in [5.74, 6) is -0.733. The van der Waals surface area contributed by atoms with E-state index in [0.29, 0.717) is 44.8 Å². The topological polar surface area (TPSA) is 92.7 Å². The number of carboxylic acid groups (broad SMARTS) is 1. The van der Waals surface area contributed by atoms with Gasteiger partial charge in [0.05, 0.1) is 10.0 Å². The number of carbonyl (C=O) groups is 3. The third-order valence-electron chi connectivity index (χ3n) is 7.69. The highest BCUT2D eigenvalue weighted by Gasteiger charge is 2.46. The van der Waals surface area contributed by atoms with Gasteiger partial charge in [0.25, 0.3) is 0 Å². The van der Waals surface area contributed by atoms with E-state index in [9.17, 15) is 14.4 Å². The summed E-state index contributed by atoms with van der Waals surface area (Å²) in [4.78, 5) is 38.2. The van der Waals surface area contributed by atoms with Crippen molar-refractivity contribution in [3.63, 3.8) is 0 Å². The number of ketones is 2. The fourth-order valence-electron chi connectivity index (χ4n) is 5.99. The molecule has 0 spiro atoms. The number of aromatic carboxylic acids is 1. The van der Waals surface area contributed by atoms with Gasteiger partial charge in [0.2, 0.25) is 0 Å². The Hall–Kier alpha value is -2.90. The van der Waals surface area contributed by atoms with E-state index in [1.807, 2.05) is 18.2 Å². The van der Waals surface area contributed by atoms with Crippen molar-refractivity contribution in [1.29, 1.82) is 0 Å². The lowest BCUT2D eigenvalue weighted by Crippen LogP contribution is -2.42. The van der Waals surface area contributed by atoms with Gasteiger partial charge in [-0.2, -0.15) is 0 Å². The Morgan fingerprint density at radius 2 is 1.56 bits per heavy atom. The highest BCUT2D eigenvalue weighted by Crippen LogP contribution is 2.51. The van der Waals surface area contributed by atoms with Gasteiger partial charge in [-0.1, -0.05) is 51.4 Å². The first-order chi connectivity index (χ1) is 18.2. The van der Waals surface area contributed by atoms with Gasteiger partial charge in [-0.15, -0.1) is 0 Å². The second-order valence-electron chi connectivity index (χ2n) is 12.3. The van der Waals surface area contributed by atoms with E-state index < -0.39 is 11.9 Å². The molecule has 8 heteroatoms. The Labute approximate surface area is 241 Å². The third-order valence-corrected chi connectivity index (χ3v) is 8.66. The van der Waals surface area contributed by atoms with Gasteiger partial charge >= 0.3 is 5.97 Å². The summed E-state index contributed by atoms with van der Waals surface area (Å²) in [6.45, 7) is 8.57. The fourth-order valence-corrected chi connectivity index (χ4v) is 6.73. The van der Waals surface area contributed by atoms with Crippen LogP contribution in [0.5, 0.6) is 5.75 Å². The predicted molar refractivity (Wildman–Crippen MR) is 153 cm³/mol. The molecule has 204 valence electrons. The molecule has 0 saturated heterocycles. The van der Waals surface area contributed by atoms with Crippen molar-refractivity contribution in [3.8, 4) is 5.75 Å². The lowest BCUT2D eigenvalue weighted by molar-refractivity contribution is -0.119. The minimum absolute atomic E-state index is 0.0823. The van der Waals surface area contributed by atoms with Gasteiger partial charge in [-0.3, -0.25) is 9.59 Å². The number of ether oxygens (including phenoxy) is 1. The van der Waals surface area contributed by atoms with Crippen LogP contribution < -0.4 is 10.1 Å². The van der Waals surface area contributed by atoms with Crippen LogP contribution in [0.15, 0.2) is 63.4 Å². The molecule has 0 amide bonds. The molecule has 3 aliphatic rings. The first kappa shape index (κ1) is 27.7. The molecule has 2 aromatic carbocycles. The molecule has 2 N–H and O–H groups in total. The Morgan fingerprint density at radius 3 is 2.08 bits per heavy atom. The smallest absolute Gasteiger partial charge is 0.335 e. The molecule has 0 unspecified atom stereocenters. The lowest BCUT2D eigenvalue weighted by Gasteiger charge is -2.44. The molecule has 0 saturated carbocycles. The van der Waals surface area contributed by atoms with Gasteiger partial charge in [0.1, 0.15) is 12.4 Å². The maximum absolute atomic E-state index is 13.5. The molecule has 5 rings (SSSR count). The van der Waals surface area contributed by atoms with E-state index in [0.717, 1.165) is 29.8 Å². The number of halogens is 2. The average molecular weight is 613 g/mol. The predicted octanol–water partition coefficient (Wildman–Crippen LogP) is 7.35. The number of nitrogens with one attached hydrogen (secondary N) is 1. The summed E-state index contributed by atoms with van der Waals surface area (Å²) in [5.41, 5.74) is 4.60. The summed E-state index contributed by atoms with van der Waals surface area (Å²) in [6.07, 6.45) is 2.38. The first-order valence-electron chi connectivity index (χ1n) is 13.0. The molecule has 6 nitrogen and oxygen atoms in total. The van der Waals surface area contributed by atoms with E-state index in [1.165, 1.54) is 12.1 Å². The van der Waals surface area contributed by atoms with Crippen LogP contribution in [0.2, 0.25) is 5.02 Å². The molecule has 2 aromatic rings. The largest absolute Gasteiger partial charge is 0.488 e. The third kappa shape index (κ3) is 5.44. The molecular formula is C31H31BrClNO5. The zero-order valence-corrected chi connectivity index (χ0v) is 24.8. The molecule has 1 aliphatic heterocycles. The van der Waals surface area contributed by atoms with Crippen LogP contribution >= 0.6 is 27.5 Å². The van der Waals surface area contributed by atoms with Gasteiger partial charge < -0.3 is 15.2 Å². The fraction of sp³-hybridized carbons (Fsp3) is 0.387. The monoisotopic (exact) mass is 611 g/mol. The highest BCUT2D eigenvalue weighted by atomic mass is 79.9. The second-order valence-corrected chi connectivity index (χ2v) is 13.6. The first-order valence-corrected chi connectivity index (χ1v) is 14.2. The van der Waals surface area contributed by atoms with Gasteiger partial charge in [0.15, 0.2) is 11.6 Å². The Balaban J connectivity index is 1.49. The van der Waals surface area contributed by atoms with Crippen LogP contribution in [0.4, 0.5) is 0 Å². The molecule has 1 heterocycles. The Bertz CT molecular complexity index is 1430. The van der Waals surface area contributed by atoms with Crippen molar-refractivity contribution in [3.05, 3.63) is 85.1 Å². The average Bonchev–Trinajstić information content (AvgIpc) is 2.80. The normalized spacial score (nSPS) is 20.4. The zero-order chi connectivity index (χ0) is 28.3. The maximum atomic E-state index is 13.5.